The molecule has 0 aliphatic heterocycles. The van der Waals surface area contributed by atoms with E-state index < -0.39 is 12.0 Å². The van der Waals surface area contributed by atoms with Crippen LogP contribution in [0.5, 0.6) is 0 Å². The van der Waals surface area contributed by atoms with Crippen molar-refractivity contribution >= 4 is 32.7 Å². The van der Waals surface area contributed by atoms with Crippen LogP contribution in [0.1, 0.15) is 19.7 Å². The SMILES string of the molecule is CC(C)Nc1nc(C(F)(F)F)nc2ccc(Br)cc12. The van der Waals surface area contributed by atoms with Gasteiger partial charge in [-0.3, -0.25) is 0 Å². The van der Waals surface area contributed by atoms with Crippen molar-refractivity contribution in [3.8, 4) is 0 Å². The average molecular weight is 334 g/mol. The second-order valence-corrected chi connectivity index (χ2v) is 5.27. The Balaban J connectivity index is 2.69. The quantitative estimate of drug-likeness (QED) is 0.893. The van der Waals surface area contributed by atoms with Crippen molar-refractivity contribution < 1.29 is 13.2 Å². The lowest BCUT2D eigenvalue weighted by Gasteiger charge is -2.14. The van der Waals surface area contributed by atoms with Crippen LogP contribution in [0.25, 0.3) is 10.9 Å². The van der Waals surface area contributed by atoms with Crippen molar-refractivity contribution in [2.45, 2.75) is 26.1 Å². The molecule has 0 saturated carbocycles. The van der Waals surface area contributed by atoms with Gasteiger partial charge in [-0.25, -0.2) is 9.97 Å². The number of anilines is 1. The fourth-order valence-electron chi connectivity index (χ4n) is 1.61. The summed E-state index contributed by atoms with van der Waals surface area (Å²) in [7, 11) is 0. The summed E-state index contributed by atoms with van der Waals surface area (Å²) in [6.45, 7) is 3.67. The molecule has 0 atom stereocenters. The maximum Gasteiger partial charge on any atom is 0.451 e. The number of rotatable bonds is 2. The van der Waals surface area contributed by atoms with Gasteiger partial charge in [0.15, 0.2) is 0 Å². The van der Waals surface area contributed by atoms with Gasteiger partial charge in [-0.2, -0.15) is 13.2 Å². The molecule has 0 saturated heterocycles. The van der Waals surface area contributed by atoms with Gasteiger partial charge in [-0.15, -0.1) is 0 Å². The van der Waals surface area contributed by atoms with Gasteiger partial charge in [-0.05, 0) is 32.0 Å². The standard InChI is InChI=1S/C12H11BrF3N3/c1-6(2)17-10-8-5-7(13)3-4-9(8)18-11(19-10)12(14,15)16/h3-6H,1-2H3,(H,17,18,19). The first kappa shape index (κ1) is 14.0. The molecule has 2 rings (SSSR count). The van der Waals surface area contributed by atoms with Crippen LogP contribution >= 0.6 is 15.9 Å². The third-order valence-electron chi connectivity index (χ3n) is 2.34. The maximum atomic E-state index is 12.8. The van der Waals surface area contributed by atoms with Crippen LogP contribution in [0.15, 0.2) is 22.7 Å². The van der Waals surface area contributed by atoms with Crippen LogP contribution in [0.2, 0.25) is 0 Å². The highest BCUT2D eigenvalue weighted by Gasteiger charge is 2.35. The number of halogens is 4. The molecule has 0 fully saturated rings. The monoisotopic (exact) mass is 333 g/mol. The molecule has 2 aromatic rings. The van der Waals surface area contributed by atoms with Gasteiger partial charge < -0.3 is 5.32 Å². The molecule has 1 heterocycles. The van der Waals surface area contributed by atoms with Crippen molar-refractivity contribution in [3.63, 3.8) is 0 Å². The van der Waals surface area contributed by atoms with Gasteiger partial charge in [0.1, 0.15) is 5.82 Å². The smallest absolute Gasteiger partial charge is 0.367 e. The Hall–Kier alpha value is -1.37. The predicted octanol–water partition coefficient (Wildman–Crippen LogP) is 4.23. The van der Waals surface area contributed by atoms with Crippen LogP contribution in [0, 0.1) is 0 Å². The molecule has 19 heavy (non-hydrogen) atoms. The van der Waals surface area contributed by atoms with E-state index in [1.807, 2.05) is 13.8 Å². The minimum Gasteiger partial charge on any atom is -0.367 e. The zero-order chi connectivity index (χ0) is 14.2. The summed E-state index contributed by atoms with van der Waals surface area (Å²) < 4.78 is 39.0. The number of aromatic nitrogens is 2. The van der Waals surface area contributed by atoms with E-state index in [-0.39, 0.29) is 17.4 Å². The van der Waals surface area contributed by atoms with Crippen molar-refractivity contribution in [1.82, 2.24) is 9.97 Å². The number of benzene rings is 1. The van der Waals surface area contributed by atoms with Crippen LogP contribution < -0.4 is 5.32 Å². The number of hydrogen-bond acceptors (Lipinski definition) is 3. The van der Waals surface area contributed by atoms with Gasteiger partial charge in [0.05, 0.1) is 5.52 Å². The van der Waals surface area contributed by atoms with E-state index >= 15 is 0 Å². The molecule has 102 valence electrons. The first-order valence-electron chi connectivity index (χ1n) is 5.58. The molecule has 7 heteroatoms. The van der Waals surface area contributed by atoms with E-state index in [0.717, 1.165) is 4.47 Å². The second-order valence-electron chi connectivity index (χ2n) is 4.35. The van der Waals surface area contributed by atoms with E-state index in [1.54, 1.807) is 12.1 Å². The Morgan fingerprint density at radius 3 is 2.47 bits per heavy atom. The summed E-state index contributed by atoms with van der Waals surface area (Å²) in [5, 5.41) is 3.47. The molecule has 0 bridgehead atoms. The zero-order valence-electron chi connectivity index (χ0n) is 10.2. The summed E-state index contributed by atoms with van der Waals surface area (Å²) in [6, 6.07) is 4.84. The Bertz CT molecular complexity index is 611. The Morgan fingerprint density at radius 1 is 1.21 bits per heavy atom. The second kappa shape index (κ2) is 4.96. The topological polar surface area (TPSA) is 37.8 Å². The van der Waals surface area contributed by atoms with Crippen LogP contribution in [-0.4, -0.2) is 16.0 Å². The van der Waals surface area contributed by atoms with Crippen LogP contribution in [0.4, 0.5) is 19.0 Å². The first-order valence-corrected chi connectivity index (χ1v) is 6.37. The molecule has 0 aliphatic rings. The van der Waals surface area contributed by atoms with Gasteiger partial charge in [-0.1, -0.05) is 15.9 Å². The van der Waals surface area contributed by atoms with Gasteiger partial charge in [0.25, 0.3) is 0 Å². The van der Waals surface area contributed by atoms with Crippen molar-refractivity contribution in [2.24, 2.45) is 0 Å². The lowest BCUT2D eigenvalue weighted by atomic mass is 10.2. The Morgan fingerprint density at radius 2 is 1.89 bits per heavy atom. The Labute approximate surface area is 116 Å². The number of fused-ring (bicyclic) bond motifs is 1. The van der Waals surface area contributed by atoms with Crippen molar-refractivity contribution in [2.75, 3.05) is 5.32 Å². The van der Waals surface area contributed by atoms with Crippen molar-refractivity contribution in [1.29, 1.82) is 0 Å². The third-order valence-corrected chi connectivity index (χ3v) is 2.83. The molecule has 1 N–H and O–H groups in total. The molecule has 0 unspecified atom stereocenters. The number of nitrogens with zero attached hydrogens (tertiary/aromatic N) is 2. The number of alkyl halides is 3. The molecule has 0 spiro atoms. The molecule has 1 aromatic carbocycles. The highest BCUT2D eigenvalue weighted by Crippen LogP contribution is 2.31. The fraction of sp³-hybridized carbons (Fsp3) is 0.333. The zero-order valence-corrected chi connectivity index (χ0v) is 11.8. The van der Waals surface area contributed by atoms with Gasteiger partial charge >= 0.3 is 6.18 Å². The van der Waals surface area contributed by atoms with Crippen LogP contribution in [-0.2, 0) is 6.18 Å². The van der Waals surface area contributed by atoms with Gasteiger partial charge in [0, 0.05) is 15.9 Å². The number of nitrogens with one attached hydrogen (secondary N) is 1. The van der Waals surface area contributed by atoms with Crippen molar-refractivity contribution in [3.05, 3.63) is 28.5 Å². The minimum atomic E-state index is -4.56. The molecule has 3 nitrogen and oxygen atoms in total. The summed E-state index contributed by atoms with van der Waals surface area (Å²) in [4.78, 5) is 7.14. The lowest BCUT2D eigenvalue weighted by molar-refractivity contribution is -0.144. The highest BCUT2D eigenvalue weighted by atomic mass is 79.9. The molecule has 0 radical (unpaired) electrons. The van der Waals surface area contributed by atoms with E-state index in [4.69, 9.17) is 0 Å². The summed E-state index contributed by atoms with van der Waals surface area (Å²) >= 11 is 3.29. The fourth-order valence-corrected chi connectivity index (χ4v) is 1.97. The molecular formula is C12H11BrF3N3. The predicted molar refractivity (Wildman–Crippen MR) is 71.0 cm³/mol. The molecule has 0 amide bonds. The summed E-state index contributed by atoms with van der Waals surface area (Å²) in [5.41, 5.74) is 0.258. The lowest BCUT2D eigenvalue weighted by Crippen LogP contribution is -2.16. The van der Waals surface area contributed by atoms with E-state index in [9.17, 15) is 13.2 Å². The normalized spacial score (nSPS) is 12.2. The minimum absolute atomic E-state index is 0.0295. The molecule has 0 aliphatic carbocycles. The highest BCUT2D eigenvalue weighted by molar-refractivity contribution is 9.10. The summed E-state index contributed by atoms with van der Waals surface area (Å²) in [6.07, 6.45) is -4.56. The van der Waals surface area contributed by atoms with E-state index in [0.29, 0.717) is 5.39 Å². The largest absolute Gasteiger partial charge is 0.451 e. The third kappa shape index (κ3) is 3.15. The van der Waals surface area contributed by atoms with Crippen LogP contribution in [0.3, 0.4) is 0 Å². The van der Waals surface area contributed by atoms with E-state index in [2.05, 4.69) is 31.2 Å². The average Bonchev–Trinajstić information content (AvgIpc) is 2.27. The molecular weight excluding hydrogens is 323 g/mol. The van der Waals surface area contributed by atoms with E-state index in [1.165, 1.54) is 6.07 Å². The summed E-state index contributed by atoms with van der Waals surface area (Å²) in [5.74, 6) is -0.945. The Kier molecular flexibility index (Phi) is 3.66. The first-order chi connectivity index (χ1) is 8.77. The maximum absolute atomic E-state index is 12.8. The molecule has 1 aromatic heterocycles. The number of hydrogen-bond donors (Lipinski definition) is 1. The van der Waals surface area contributed by atoms with Gasteiger partial charge in [0.2, 0.25) is 5.82 Å².